The Bertz CT molecular complexity index is 1030. The van der Waals surface area contributed by atoms with Crippen LogP contribution in [0.1, 0.15) is 29.8 Å². The Hall–Kier alpha value is -3.44. The van der Waals surface area contributed by atoms with Crippen molar-refractivity contribution in [2.24, 2.45) is 0 Å². The van der Waals surface area contributed by atoms with Crippen molar-refractivity contribution in [3.05, 3.63) is 58.7 Å². The summed E-state index contributed by atoms with van der Waals surface area (Å²) in [6.07, 6.45) is 6.18. The Morgan fingerprint density at radius 1 is 1.19 bits per heavy atom. The van der Waals surface area contributed by atoms with Crippen molar-refractivity contribution in [3.63, 3.8) is 0 Å². The smallest absolute Gasteiger partial charge is 0.220 e. The van der Waals surface area contributed by atoms with Crippen LogP contribution < -0.4 is 14.8 Å². The second-order valence-corrected chi connectivity index (χ2v) is 7.69. The maximum absolute atomic E-state index is 12.0. The first-order valence-corrected chi connectivity index (χ1v) is 10.9. The molecule has 3 aromatic rings. The minimum Gasteiger partial charge on any atom is -0.493 e. The lowest BCUT2D eigenvalue weighted by Crippen LogP contribution is -2.24. The molecule has 8 heteroatoms. The van der Waals surface area contributed by atoms with E-state index in [1.165, 1.54) is 7.11 Å². The fraction of sp³-hybridized carbons (Fsp3) is 0.304. The highest BCUT2D eigenvalue weighted by atomic mass is 32.1. The number of nitrogens with one attached hydrogen (secondary N) is 1. The molecular formula is C23H24N4O3S. The van der Waals surface area contributed by atoms with Gasteiger partial charge in [-0.3, -0.25) is 9.78 Å². The predicted octanol–water partition coefficient (Wildman–Crippen LogP) is 3.99. The third-order valence-corrected chi connectivity index (χ3v) is 5.42. The van der Waals surface area contributed by atoms with Gasteiger partial charge in [0.1, 0.15) is 0 Å². The maximum Gasteiger partial charge on any atom is 0.220 e. The first-order chi connectivity index (χ1) is 15.2. The Morgan fingerprint density at radius 3 is 2.81 bits per heavy atom. The molecule has 7 nitrogen and oxygen atoms in total. The maximum atomic E-state index is 12.0. The van der Waals surface area contributed by atoms with Crippen molar-refractivity contribution in [1.29, 1.82) is 5.26 Å². The van der Waals surface area contributed by atoms with Crippen LogP contribution in [0.3, 0.4) is 0 Å². The van der Waals surface area contributed by atoms with Gasteiger partial charge in [0.15, 0.2) is 11.5 Å². The molecule has 0 bridgehead atoms. The van der Waals surface area contributed by atoms with Crippen LogP contribution in [0.25, 0.3) is 11.3 Å². The average molecular weight is 437 g/mol. The Balaban J connectivity index is 1.31. The number of aromatic nitrogens is 2. The molecule has 0 unspecified atom stereocenters. The lowest BCUT2D eigenvalue weighted by Gasteiger charge is -2.10. The van der Waals surface area contributed by atoms with Crippen LogP contribution in [0.4, 0.5) is 0 Å². The van der Waals surface area contributed by atoms with Crippen LogP contribution >= 0.6 is 11.3 Å². The number of hydrogen-bond donors (Lipinski definition) is 1. The summed E-state index contributed by atoms with van der Waals surface area (Å²) in [4.78, 5) is 20.7. The standard InChI is InChI=1S/C23H24N4O3S/c1-29-21-14-17(15-24)6-7-20(21)30-13-3-4-22(28)26-10-2-5-23-27-19(16-31-23)18-8-11-25-12-9-18/h6-9,11-12,14,16H,2-5,10,13H2,1H3,(H,26,28). The summed E-state index contributed by atoms with van der Waals surface area (Å²) in [6.45, 7) is 1.01. The molecule has 1 aromatic carbocycles. The van der Waals surface area contributed by atoms with Crippen molar-refractivity contribution in [3.8, 4) is 28.8 Å². The molecule has 0 aliphatic heterocycles. The van der Waals surface area contributed by atoms with E-state index >= 15 is 0 Å². The van der Waals surface area contributed by atoms with Gasteiger partial charge in [-0.05, 0) is 37.1 Å². The summed E-state index contributed by atoms with van der Waals surface area (Å²) >= 11 is 1.63. The number of hydrogen-bond acceptors (Lipinski definition) is 7. The number of thiazole rings is 1. The zero-order valence-electron chi connectivity index (χ0n) is 17.3. The highest BCUT2D eigenvalue weighted by Gasteiger charge is 2.08. The van der Waals surface area contributed by atoms with Crippen molar-refractivity contribution >= 4 is 17.2 Å². The molecule has 31 heavy (non-hydrogen) atoms. The molecular weight excluding hydrogens is 412 g/mol. The normalized spacial score (nSPS) is 10.3. The zero-order valence-corrected chi connectivity index (χ0v) is 18.2. The molecule has 0 saturated heterocycles. The fourth-order valence-corrected chi connectivity index (χ4v) is 3.76. The number of methoxy groups -OCH3 is 1. The van der Waals surface area contributed by atoms with Crippen molar-refractivity contribution < 1.29 is 14.3 Å². The number of nitriles is 1. The van der Waals surface area contributed by atoms with E-state index in [9.17, 15) is 4.79 Å². The molecule has 160 valence electrons. The SMILES string of the molecule is COc1cc(C#N)ccc1OCCCC(=O)NCCCc1nc(-c2ccncc2)cs1. The van der Waals surface area contributed by atoms with E-state index in [2.05, 4.69) is 21.4 Å². The summed E-state index contributed by atoms with van der Waals surface area (Å²) in [5.74, 6) is 1.08. The largest absolute Gasteiger partial charge is 0.493 e. The molecule has 0 radical (unpaired) electrons. The van der Waals surface area contributed by atoms with E-state index in [0.29, 0.717) is 43.1 Å². The number of amides is 1. The number of carbonyl (C=O) groups excluding carboxylic acids is 1. The number of ether oxygens (including phenoxy) is 2. The van der Waals surface area contributed by atoms with E-state index in [1.807, 2.05) is 17.5 Å². The van der Waals surface area contributed by atoms with Gasteiger partial charge >= 0.3 is 0 Å². The van der Waals surface area contributed by atoms with Gasteiger partial charge < -0.3 is 14.8 Å². The lowest BCUT2D eigenvalue weighted by atomic mass is 10.2. The van der Waals surface area contributed by atoms with Gasteiger partial charge in [-0.15, -0.1) is 11.3 Å². The number of pyridine rings is 1. The van der Waals surface area contributed by atoms with Crippen LogP contribution in [0.5, 0.6) is 11.5 Å². The van der Waals surface area contributed by atoms with Crippen LogP contribution in [-0.2, 0) is 11.2 Å². The quantitative estimate of drug-likeness (QED) is 0.457. The molecule has 1 amide bonds. The van der Waals surface area contributed by atoms with Gasteiger partial charge in [-0.1, -0.05) is 0 Å². The number of aryl methyl sites for hydroxylation is 1. The molecule has 2 aromatic heterocycles. The lowest BCUT2D eigenvalue weighted by molar-refractivity contribution is -0.121. The van der Waals surface area contributed by atoms with Gasteiger partial charge in [0.25, 0.3) is 0 Å². The second kappa shape index (κ2) is 11.7. The number of benzene rings is 1. The van der Waals surface area contributed by atoms with Gasteiger partial charge in [-0.25, -0.2) is 4.98 Å². The molecule has 2 heterocycles. The van der Waals surface area contributed by atoms with Crippen LogP contribution in [-0.4, -0.2) is 36.1 Å². The van der Waals surface area contributed by atoms with Crippen molar-refractivity contribution in [2.45, 2.75) is 25.7 Å². The third kappa shape index (κ3) is 6.79. The van der Waals surface area contributed by atoms with Crippen molar-refractivity contribution in [1.82, 2.24) is 15.3 Å². The molecule has 0 spiro atoms. The zero-order chi connectivity index (χ0) is 21.9. The molecule has 0 aliphatic carbocycles. The van der Waals surface area contributed by atoms with Crippen LogP contribution in [0.15, 0.2) is 48.1 Å². The average Bonchev–Trinajstić information content (AvgIpc) is 3.29. The minimum atomic E-state index is 0.00649. The molecule has 3 rings (SSSR count). The molecule has 0 saturated carbocycles. The topological polar surface area (TPSA) is 97.1 Å². The first kappa shape index (κ1) is 22.2. The molecule has 0 atom stereocenters. The Morgan fingerprint density at radius 2 is 2.03 bits per heavy atom. The molecule has 0 fully saturated rings. The molecule has 1 N–H and O–H groups in total. The predicted molar refractivity (Wildman–Crippen MR) is 119 cm³/mol. The first-order valence-electron chi connectivity index (χ1n) is 10.0. The highest BCUT2D eigenvalue weighted by Crippen LogP contribution is 2.28. The van der Waals surface area contributed by atoms with Crippen LogP contribution in [0, 0.1) is 11.3 Å². The third-order valence-electron chi connectivity index (χ3n) is 4.52. The molecule has 0 aliphatic rings. The Kier molecular flexibility index (Phi) is 8.38. The van der Waals surface area contributed by atoms with E-state index in [1.54, 1.807) is 41.9 Å². The summed E-state index contributed by atoms with van der Waals surface area (Å²) in [7, 11) is 1.53. The number of nitrogens with zero attached hydrogens (tertiary/aromatic N) is 3. The summed E-state index contributed by atoms with van der Waals surface area (Å²) < 4.78 is 10.9. The van der Waals surface area contributed by atoms with Gasteiger partial charge in [0, 0.05) is 48.8 Å². The van der Waals surface area contributed by atoms with E-state index in [4.69, 9.17) is 14.7 Å². The monoisotopic (exact) mass is 436 g/mol. The van der Waals surface area contributed by atoms with E-state index in [-0.39, 0.29) is 5.91 Å². The van der Waals surface area contributed by atoms with E-state index in [0.717, 1.165) is 29.1 Å². The van der Waals surface area contributed by atoms with Crippen LogP contribution in [0.2, 0.25) is 0 Å². The van der Waals surface area contributed by atoms with E-state index < -0.39 is 0 Å². The van der Waals surface area contributed by atoms with Gasteiger partial charge in [0.05, 0.1) is 36.1 Å². The number of carbonyl (C=O) groups is 1. The summed E-state index contributed by atoms with van der Waals surface area (Å²) in [5.41, 5.74) is 2.53. The van der Waals surface area contributed by atoms with Crippen molar-refractivity contribution in [2.75, 3.05) is 20.3 Å². The summed E-state index contributed by atoms with van der Waals surface area (Å²) in [6, 6.07) is 11.0. The summed E-state index contributed by atoms with van der Waals surface area (Å²) in [5, 5.41) is 15.0. The second-order valence-electron chi connectivity index (χ2n) is 6.75. The Labute approximate surface area is 185 Å². The minimum absolute atomic E-state index is 0.00649. The fourth-order valence-electron chi connectivity index (χ4n) is 2.91. The number of rotatable bonds is 11. The van der Waals surface area contributed by atoms with Gasteiger partial charge in [-0.2, -0.15) is 5.26 Å². The highest BCUT2D eigenvalue weighted by molar-refractivity contribution is 7.09. The van der Waals surface area contributed by atoms with Gasteiger partial charge in [0.2, 0.25) is 5.91 Å².